The molecule has 0 saturated heterocycles. The van der Waals surface area contributed by atoms with Gasteiger partial charge < -0.3 is 5.32 Å². The van der Waals surface area contributed by atoms with Crippen LogP contribution in [0.2, 0.25) is 0 Å². The topological polar surface area (TPSA) is 72.7 Å². The number of aryl methyl sites for hydroxylation is 2. The predicted molar refractivity (Wildman–Crippen MR) is 84.9 cm³/mol. The van der Waals surface area contributed by atoms with Crippen LogP contribution in [0.3, 0.4) is 0 Å². The number of carbonyl (C=O) groups is 1. The van der Waals surface area contributed by atoms with Crippen LogP contribution in [0.25, 0.3) is 5.82 Å². The summed E-state index contributed by atoms with van der Waals surface area (Å²) in [5, 5.41) is 15.4. The monoisotopic (exact) mass is 305 g/mol. The molecule has 0 aromatic carbocycles. The van der Waals surface area contributed by atoms with E-state index in [2.05, 4.69) is 20.6 Å². The van der Waals surface area contributed by atoms with Gasteiger partial charge in [0, 0.05) is 12.5 Å². The minimum absolute atomic E-state index is 0.00901. The van der Waals surface area contributed by atoms with Crippen LogP contribution in [0, 0.1) is 13.8 Å². The summed E-state index contributed by atoms with van der Waals surface area (Å²) >= 11 is 1.74. The number of carbonyl (C=O) groups excluding carboxylic acids is 1. The molecule has 1 amide bonds. The van der Waals surface area contributed by atoms with Gasteiger partial charge in [0.1, 0.15) is 5.82 Å². The average molecular weight is 305 g/mol. The first-order valence-corrected chi connectivity index (χ1v) is 8.15. The molecular formula is C14H19N5OS. The van der Waals surface area contributed by atoms with E-state index in [-0.39, 0.29) is 5.91 Å². The molecule has 0 atom stereocenters. The van der Waals surface area contributed by atoms with E-state index in [9.17, 15) is 4.79 Å². The normalized spacial score (nSPS) is 10.6. The zero-order valence-corrected chi connectivity index (χ0v) is 13.3. The summed E-state index contributed by atoms with van der Waals surface area (Å²) in [7, 11) is 0. The standard InChI is InChI=1S/C14H19N5OS/c1-10-6-7-12(17-16-10)19-13(9-11(2)18-19)15-14(20)5-4-8-21-3/h6-7,9H,4-5,8H2,1-3H3,(H,15,20). The minimum Gasteiger partial charge on any atom is -0.311 e. The van der Waals surface area contributed by atoms with E-state index in [1.165, 1.54) is 0 Å². The van der Waals surface area contributed by atoms with E-state index in [1.807, 2.05) is 38.3 Å². The number of thioether (sulfide) groups is 1. The first-order valence-electron chi connectivity index (χ1n) is 6.76. The number of nitrogens with zero attached hydrogens (tertiary/aromatic N) is 4. The maximum Gasteiger partial charge on any atom is 0.225 e. The van der Waals surface area contributed by atoms with Gasteiger partial charge in [0.15, 0.2) is 5.82 Å². The second-order valence-corrected chi connectivity index (χ2v) is 5.75. The van der Waals surface area contributed by atoms with Gasteiger partial charge in [0.25, 0.3) is 0 Å². The van der Waals surface area contributed by atoms with Gasteiger partial charge in [-0.2, -0.15) is 26.6 Å². The fourth-order valence-electron chi connectivity index (χ4n) is 1.85. The molecule has 112 valence electrons. The number of hydrogen-bond acceptors (Lipinski definition) is 5. The van der Waals surface area contributed by atoms with E-state index >= 15 is 0 Å². The zero-order valence-electron chi connectivity index (χ0n) is 12.5. The van der Waals surface area contributed by atoms with Gasteiger partial charge in [-0.05, 0) is 44.4 Å². The number of amides is 1. The summed E-state index contributed by atoms with van der Waals surface area (Å²) in [5.74, 6) is 2.19. The van der Waals surface area contributed by atoms with Crippen LogP contribution in [0.5, 0.6) is 0 Å². The molecule has 2 rings (SSSR count). The van der Waals surface area contributed by atoms with Gasteiger partial charge in [0.05, 0.1) is 11.4 Å². The van der Waals surface area contributed by atoms with Gasteiger partial charge in [-0.15, -0.1) is 5.10 Å². The van der Waals surface area contributed by atoms with Crippen molar-refractivity contribution in [2.24, 2.45) is 0 Å². The van der Waals surface area contributed by atoms with Gasteiger partial charge in [-0.25, -0.2) is 0 Å². The number of rotatable bonds is 6. The van der Waals surface area contributed by atoms with Crippen LogP contribution in [0.4, 0.5) is 5.82 Å². The Balaban J connectivity index is 2.13. The molecule has 0 saturated carbocycles. The number of hydrogen-bond donors (Lipinski definition) is 1. The summed E-state index contributed by atoms with van der Waals surface area (Å²) in [6.07, 6.45) is 3.40. The average Bonchev–Trinajstić information content (AvgIpc) is 2.80. The lowest BCUT2D eigenvalue weighted by Crippen LogP contribution is -2.15. The van der Waals surface area contributed by atoms with Gasteiger partial charge in [0.2, 0.25) is 5.91 Å². The molecule has 7 heteroatoms. The Morgan fingerprint density at radius 3 is 2.76 bits per heavy atom. The highest BCUT2D eigenvalue weighted by molar-refractivity contribution is 7.98. The van der Waals surface area contributed by atoms with Gasteiger partial charge >= 0.3 is 0 Å². The van der Waals surface area contributed by atoms with Crippen molar-refractivity contribution < 1.29 is 4.79 Å². The van der Waals surface area contributed by atoms with Crippen molar-refractivity contribution in [1.29, 1.82) is 0 Å². The molecule has 0 spiro atoms. The van der Waals surface area contributed by atoms with E-state index < -0.39 is 0 Å². The molecule has 0 unspecified atom stereocenters. The Labute approximate surface area is 128 Å². The second-order valence-electron chi connectivity index (χ2n) is 4.76. The SMILES string of the molecule is CSCCCC(=O)Nc1cc(C)nn1-c1ccc(C)nn1. The maximum absolute atomic E-state index is 11.9. The second kappa shape index (κ2) is 7.21. The third-order valence-corrected chi connectivity index (χ3v) is 3.55. The van der Waals surface area contributed by atoms with Gasteiger partial charge in [-0.3, -0.25) is 4.79 Å². The lowest BCUT2D eigenvalue weighted by Gasteiger charge is -2.07. The van der Waals surface area contributed by atoms with Crippen molar-refractivity contribution in [1.82, 2.24) is 20.0 Å². The molecule has 0 aliphatic carbocycles. The van der Waals surface area contributed by atoms with Crippen LogP contribution in [-0.2, 0) is 4.79 Å². The quantitative estimate of drug-likeness (QED) is 0.829. The third-order valence-electron chi connectivity index (χ3n) is 2.85. The highest BCUT2D eigenvalue weighted by Crippen LogP contribution is 2.15. The number of nitrogens with one attached hydrogen (secondary N) is 1. The Morgan fingerprint density at radius 2 is 2.10 bits per heavy atom. The minimum atomic E-state index is -0.00901. The Morgan fingerprint density at radius 1 is 1.29 bits per heavy atom. The number of aromatic nitrogens is 4. The van der Waals surface area contributed by atoms with Crippen LogP contribution >= 0.6 is 11.8 Å². The Hall–Kier alpha value is -1.89. The molecule has 0 aliphatic rings. The highest BCUT2D eigenvalue weighted by Gasteiger charge is 2.11. The van der Waals surface area contributed by atoms with E-state index in [4.69, 9.17) is 0 Å². The first-order chi connectivity index (χ1) is 10.1. The fourth-order valence-corrected chi connectivity index (χ4v) is 2.28. The van der Waals surface area contributed by atoms with Crippen molar-refractivity contribution >= 4 is 23.5 Å². The van der Waals surface area contributed by atoms with Crippen LogP contribution < -0.4 is 5.32 Å². The molecule has 2 heterocycles. The molecule has 0 fully saturated rings. The summed E-state index contributed by atoms with van der Waals surface area (Å²) < 4.78 is 1.61. The van der Waals surface area contributed by atoms with Crippen LogP contribution in [0.15, 0.2) is 18.2 Å². The molecule has 0 radical (unpaired) electrons. The Kier molecular flexibility index (Phi) is 5.32. The van der Waals surface area contributed by atoms with Crippen LogP contribution in [0.1, 0.15) is 24.2 Å². The molecule has 6 nitrogen and oxygen atoms in total. The van der Waals surface area contributed by atoms with Crippen molar-refractivity contribution in [3.8, 4) is 5.82 Å². The molecule has 1 N–H and O–H groups in total. The van der Waals surface area contributed by atoms with E-state index in [0.29, 0.717) is 18.1 Å². The van der Waals surface area contributed by atoms with E-state index in [1.54, 1.807) is 16.4 Å². The van der Waals surface area contributed by atoms with Crippen molar-refractivity contribution in [2.45, 2.75) is 26.7 Å². The lowest BCUT2D eigenvalue weighted by atomic mass is 10.3. The fraction of sp³-hybridized carbons (Fsp3) is 0.429. The zero-order chi connectivity index (χ0) is 15.2. The van der Waals surface area contributed by atoms with E-state index in [0.717, 1.165) is 23.6 Å². The van der Waals surface area contributed by atoms with Crippen molar-refractivity contribution in [2.75, 3.05) is 17.3 Å². The highest BCUT2D eigenvalue weighted by atomic mass is 32.2. The summed E-state index contributed by atoms with van der Waals surface area (Å²) in [5.41, 5.74) is 1.65. The molecule has 0 aliphatic heterocycles. The molecule has 0 bridgehead atoms. The summed E-state index contributed by atoms with van der Waals surface area (Å²) in [6, 6.07) is 5.52. The summed E-state index contributed by atoms with van der Waals surface area (Å²) in [4.78, 5) is 11.9. The maximum atomic E-state index is 11.9. The van der Waals surface area contributed by atoms with Gasteiger partial charge in [-0.1, -0.05) is 0 Å². The molecular weight excluding hydrogens is 286 g/mol. The lowest BCUT2D eigenvalue weighted by molar-refractivity contribution is -0.116. The first kappa shape index (κ1) is 15.5. The molecule has 2 aromatic heterocycles. The summed E-state index contributed by atoms with van der Waals surface area (Å²) in [6.45, 7) is 3.75. The Bertz CT molecular complexity index is 608. The smallest absolute Gasteiger partial charge is 0.225 e. The van der Waals surface area contributed by atoms with Crippen molar-refractivity contribution in [3.63, 3.8) is 0 Å². The molecule has 21 heavy (non-hydrogen) atoms. The third kappa shape index (κ3) is 4.29. The largest absolute Gasteiger partial charge is 0.311 e. The molecule has 2 aromatic rings. The predicted octanol–water partition coefficient (Wildman–Crippen LogP) is 2.36. The van der Waals surface area contributed by atoms with Crippen molar-refractivity contribution in [3.05, 3.63) is 29.6 Å². The van der Waals surface area contributed by atoms with Crippen LogP contribution in [-0.4, -0.2) is 37.9 Å². The number of anilines is 1.